The fourth-order valence-electron chi connectivity index (χ4n) is 3.51. The summed E-state index contributed by atoms with van der Waals surface area (Å²) in [7, 11) is 0. The second-order valence-corrected chi connectivity index (χ2v) is 7.83. The van der Waals surface area contributed by atoms with Crippen molar-refractivity contribution in [1.29, 1.82) is 0 Å². The lowest BCUT2D eigenvalue weighted by Crippen LogP contribution is -2.36. The summed E-state index contributed by atoms with van der Waals surface area (Å²) in [5.41, 5.74) is 3.59. The number of nitrogens with one attached hydrogen (secondary N) is 2. The van der Waals surface area contributed by atoms with Crippen molar-refractivity contribution in [2.75, 3.05) is 13.1 Å². The summed E-state index contributed by atoms with van der Waals surface area (Å²) in [6, 6.07) is 6.17. The summed E-state index contributed by atoms with van der Waals surface area (Å²) < 4.78 is 1.06. The number of amides is 2. The largest absolute Gasteiger partial charge is 0.357 e. The number of nitrogens with zero attached hydrogens (tertiary/aromatic N) is 1. The molecular weight excluding hydrogens is 382 g/mol. The third-order valence-corrected chi connectivity index (χ3v) is 5.79. The minimum absolute atomic E-state index is 0.152. The lowest BCUT2D eigenvalue weighted by Gasteiger charge is -2.27. The van der Waals surface area contributed by atoms with Gasteiger partial charge in [0, 0.05) is 59.5 Å². The molecule has 2 aromatic rings. The van der Waals surface area contributed by atoms with Gasteiger partial charge in [-0.1, -0.05) is 12.1 Å². The number of hydrogen-bond donors (Lipinski definition) is 2. The van der Waals surface area contributed by atoms with E-state index >= 15 is 0 Å². The van der Waals surface area contributed by atoms with E-state index in [4.69, 9.17) is 0 Å². The number of benzene rings is 1. The first-order chi connectivity index (χ1) is 12.1. The Kier molecular flexibility index (Phi) is 4.54. The minimum Gasteiger partial charge on any atom is -0.357 e. The Labute approximate surface area is 155 Å². The van der Waals surface area contributed by atoms with E-state index in [1.807, 2.05) is 17.0 Å². The van der Waals surface area contributed by atoms with Crippen molar-refractivity contribution in [2.24, 2.45) is 5.92 Å². The monoisotopic (exact) mass is 403 g/mol. The van der Waals surface area contributed by atoms with Crippen molar-refractivity contribution in [2.45, 2.75) is 38.6 Å². The molecule has 1 aromatic heterocycles. The molecule has 2 heterocycles. The number of rotatable bonds is 5. The van der Waals surface area contributed by atoms with Crippen LogP contribution in [0, 0.1) is 5.92 Å². The van der Waals surface area contributed by atoms with E-state index in [0.717, 1.165) is 35.8 Å². The van der Waals surface area contributed by atoms with Crippen molar-refractivity contribution in [3.05, 3.63) is 33.9 Å². The summed E-state index contributed by atoms with van der Waals surface area (Å²) in [6.45, 7) is 2.02. The molecule has 2 amide bonds. The number of fused-ring (bicyclic) bond motifs is 3. The first-order valence-electron chi connectivity index (χ1n) is 8.97. The van der Waals surface area contributed by atoms with Crippen LogP contribution in [0.15, 0.2) is 22.7 Å². The molecule has 1 aromatic carbocycles. The molecule has 1 fully saturated rings. The Balaban J connectivity index is 1.35. The number of halogens is 1. The zero-order chi connectivity index (χ0) is 17.4. The minimum atomic E-state index is 0.152. The highest BCUT2D eigenvalue weighted by Gasteiger charge is 2.29. The summed E-state index contributed by atoms with van der Waals surface area (Å²) >= 11 is 3.59. The van der Waals surface area contributed by atoms with Gasteiger partial charge in [-0.3, -0.25) is 9.59 Å². The van der Waals surface area contributed by atoms with Gasteiger partial charge in [0.2, 0.25) is 11.8 Å². The second kappa shape index (κ2) is 6.83. The molecule has 1 saturated carbocycles. The molecule has 132 valence electrons. The quantitative estimate of drug-likeness (QED) is 0.753. The summed E-state index contributed by atoms with van der Waals surface area (Å²) in [5.74, 6) is 0.563. The first kappa shape index (κ1) is 16.6. The van der Waals surface area contributed by atoms with Crippen LogP contribution in [0.1, 0.15) is 36.9 Å². The molecule has 25 heavy (non-hydrogen) atoms. The zero-order valence-electron chi connectivity index (χ0n) is 14.1. The van der Waals surface area contributed by atoms with Crippen molar-refractivity contribution < 1.29 is 9.59 Å². The number of H-pyrrole nitrogens is 1. The van der Waals surface area contributed by atoms with Gasteiger partial charge >= 0.3 is 0 Å². The van der Waals surface area contributed by atoms with Gasteiger partial charge in [0.1, 0.15) is 0 Å². The van der Waals surface area contributed by atoms with Gasteiger partial charge in [-0.25, -0.2) is 0 Å². The van der Waals surface area contributed by atoms with E-state index in [1.54, 1.807) is 0 Å². The van der Waals surface area contributed by atoms with Crippen LogP contribution in [0.4, 0.5) is 0 Å². The summed E-state index contributed by atoms with van der Waals surface area (Å²) in [4.78, 5) is 29.6. The molecule has 2 N–H and O–H groups in total. The topological polar surface area (TPSA) is 65.2 Å². The third-order valence-electron chi connectivity index (χ3n) is 5.13. The molecule has 0 saturated heterocycles. The van der Waals surface area contributed by atoms with Crippen molar-refractivity contribution in [3.63, 3.8) is 0 Å². The highest BCUT2D eigenvalue weighted by Crippen LogP contribution is 2.32. The predicted molar refractivity (Wildman–Crippen MR) is 100 cm³/mol. The third kappa shape index (κ3) is 3.45. The van der Waals surface area contributed by atoms with E-state index in [9.17, 15) is 9.59 Å². The molecule has 2 aliphatic rings. The highest BCUT2D eigenvalue weighted by atomic mass is 79.9. The Bertz CT molecular complexity index is 825. The maximum absolute atomic E-state index is 12.5. The lowest BCUT2D eigenvalue weighted by molar-refractivity contribution is -0.132. The van der Waals surface area contributed by atoms with E-state index < -0.39 is 0 Å². The zero-order valence-corrected chi connectivity index (χ0v) is 15.7. The van der Waals surface area contributed by atoms with Gasteiger partial charge in [-0.05, 0) is 41.3 Å². The van der Waals surface area contributed by atoms with Gasteiger partial charge in [0.15, 0.2) is 0 Å². The van der Waals surface area contributed by atoms with Crippen molar-refractivity contribution >= 4 is 38.6 Å². The molecule has 0 atom stereocenters. The van der Waals surface area contributed by atoms with Crippen LogP contribution in [0.2, 0.25) is 0 Å². The smallest absolute Gasteiger partial charge is 0.223 e. The standard InChI is InChI=1S/C19H22BrN3O2/c20-15-4-1-3-13-14-11-23(10-8-16(14)22-18(13)15)17(24)5-2-9-21-19(25)12-6-7-12/h1,3-4,12,22H,2,5-11H2,(H,21,25). The van der Waals surface area contributed by atoms with Gasteiger partial charge in [0.05, 0.1) is 5.52 Å². The van der Waals surface area contributed by atoms with Crippen LogP contribution in [0.3, 0.4) is 0 Å². The molecule has 0 unspecified atom stereocenters. The van der Waals surface area contributed by atoms with Crippen LogP contribution in [-0.4, -0.2) is 34.8 Å². The van der Waals surface area contributed by atoms with Crippen molar-refractivity contribution in [3.8, 4) is 0 Å². The Morgan fingerprint density at radius 3 is 2.96 bits per heavy atom. The number of aromatic amines is 1. The van der Waals surface area contributed by atoms with Crippen LogP contribution in [-0.2, 0) is 22.6 Å². The fourth-order valence-corrected chi connectivity index (χ4v) is 3.98. The SMILES string of the molecule is O=C(NCCCC(=O)N1CCc2[nH]c3c(Br)cccc3c2C1)C1CC1. The molecule has 5 nitrogen and oxygen atoms in total. The predicted octanol–water partition coefficient (Wildman–Crippen LogP) is 3.12. The van der Waals surface area contributed by atoms with Crippen LogP contribution < -0.4 is 5.32 Å². The summed E-state index contributed by atoms with van der Waals surface area (Å²) in [6.07, 6.45) is 4.09. The van der Waals surface area contributed by atoms with Gasteiger partial charge in [-0.15, -0.1) is 0 Å². The Morgan fingerprint density at radius 2 is 2.16 bits per heavy atom. The second-order valence-electron chi connectivity index (χ2n) is 6.98. The molecule has 4 rings (SSSR count). The summed E-state index contributed by atoms with van der Waals surface area (Å²) in [5, 5.41) is 4.12. The van der Waals surface area contributed by atoms with E-state index in [1.165, 1.54) is 16.6 Å². The number of hydrogen-bond acceptors (Lipinski definition) is 2. The fraction of sp³-hybridized carbons (Fsp3) is 0.474. The normalized spacial score (nSPS) is 16.8. The lowest BCUT2D eigenvalue weighted by atomic mass is 10.0. The molecular formula is C19H22BrN3O2. The average Bonchev–Trinajstić information content (AvgIpc) is 3.40. The first-order valence-corrected chi connectivity index (χ1v) is 9.76. The molecule has 6 heteroatoms. The number of para-hydroxylation sites is 1. The molecule has 1 aliphatic heterocycles. The van der Waals surface area contributed by atoms with E-state index in [-0.39, 0.29) is 17.7 Å². The molecule has 0 spiro atoms. The molecule has 0 bridgehead atoms. The van der Waals surface area contributed by atoms with Crippen LogP contribution in [0.5, 0.6) is 0 Å². The van der Waals surface area contributed by atoms with E-state index in [2.05, 4.69) is 32.3 Å². The number of carbonyl (C=O) groups excluding carboxylic acids is 2. The van der Waals surface area contributed by atoms with Gasteiger partial charge in [0.25, 0.3) is 0 Å². The number of carbonyl (C=O) groups is 2. The number of aromatic nitrogens is 1. The molecule has 1 aliphatic carbocycles. The maximum atomic E-state index is 12.5. The van der Waals surface area contributed by atoms with Crippen molar-refractivity contribution in [1.82, 2.24) is 15.2 Å². The Hall–Kier alpha value is -1.82. The molecule has 0 radical (unpaired) electrons. The van der Waals surface area contributed by atoms with Gasteiger partial charge < -0.3 is 15.2 Å². The maximum Gasteiger partial charge on any atom is 0.223 e. The van der Waals surface area contributed by atoms with Crippen LogP contribution in [0.25, 0.3) is 10.9 Å². The Morgan fingerprint density at radius 1 is 1.32 bits per heavy atom. The highest BCUT2D eigenvalue weighted by molar-refractivity contribution is 9.10. The van der Waals surface area contributed by atoms with Gasteiger partial charge in [-0.2, -0.15) is 0 Å². The van der Waals surface area contributed by atoms with Crippen LogP contribution >= 0.6 is 15.9 Å². The van der Waals surface area contributed by atoms with E-state index in [0.29, 0.717) is 25.9 Å². The average molecular weight is 404 g/mol.